The fourth-order valence-electron chi connectivity index (χ4n) is 2.14. The van der Waals surface area contributed by atoms with Crippen molar-refractivity contribution in [3.05, 3.63) is 36.5 Å². The van der Waals surface area contributed by atoms with E-state index >= 15 is 0 Å². The number of halogens is 1. The predicted molar refractivity (Wildman–Crippen MR) is 108 cm³/mol. The molecular weight excluding hydrogens is 403 g/mol. The lowest BCUT2D eigenvalue weighted by molar-refractivity contribution is 0.395. The second-order valence-electron chi connectivity index (χ2n) is 5.13. The molecular formula is C17H29IN4O. The third kappa shape index (κ3) is 8.78. The van der Waals surface area contributed by atoms with Gasteiger partial charge in [0.05, 0.1) is 19.3 Å². The largest absolute Gasteiger partial charge is 0.481 e. The summed E-state index contributed by atoms with van der Waals surface area (Å²) in [7, 11) is 5.48. The van der Waals surface area contributed by atoms with Crippen LogP contribution in [0.25, 0.3) is 0 Å². The predicted octanol–water partition coefficient (Wildman–Crippen LogP) is 3.46. The molecule has 130 valence electrons. The lowest BCUT2D eigenvalue weighted by Gasteiger charge is -2.22. The molecule has 0 saturated carbocycles. The molecule has 0 amide bonds. The van der Waals surface area contributed by atoms with E-state index in [0.29, 0.717) is 12.4 Å². The van der Waals surface area contributed by atoms with Crippen molar-refractivity contribution in [1.82, 2.24) is 15.2 Å². The average molecular weight is 432 g/mol. The molecule has 0 atom stereocenters. The van der Waals surface area contributed by atoms with Crippen LogP contribution in [0.15, 0.2) is 35.8 Å². The minimum Gasteiger partial charge on any atom is -0.481 e. The molecule has 0 spiro atoms. The molecule has 1 heterocycles. The van der Waals surface area contributed by atoms with Gasteiger partial charge in [0.1, 0.15) is 0 Å². The van der Waals surface area contributed by atoms with Gasteiger partial charge in [-0.05, 0) is 25.3 Å². The van der Waals surface area contributed by atoms with Crippen LogP contribution in [0.3, 0.4) is 0 Å². The summed E-state index contributed by atoms with van der Waals surface area (Å²) in [6, 6.07) is 5.75. The Morgan fingerprint density at radius 2 is 2.17 bits per heavy atom. The molecule has 1 rings (SSSR count). The maximum absolute atomic E-state index is 5.13. The number of ether oxygens (including phenoxy) is 1. The summed E-state index contributed by atoms with van der Waals surface area (Å²) in [4.78, 5) is 10.8. The quantitative estimate of drug-likeness (QED) is 0.214. The van der Waals surface area contributed by atoms with Gasteiger partial charge in [-0.15, -0.1) is 30.6 Å². The number of rotatable bonds is 9. The van der Waals surface area contributed by atoms with E-state index in [1.807, 2.05) is 24.3 Å². The molecule has 1 aromatic heterocycles. The molecule has 0 aromatic carbocycles. The van der Waals surface area contributed by atoms with Crippen molar-refractivity contribution in [2.24, 2.45) is 4.99 Å². The molecule has 1 aromatic rings. The number of hydrogen-bond acceptors (Lipinski definition) is 3. The summed E-state index contributed by atoms with van der Waals surface area (Å²) >= 11 is 0. The minimum atomic E-state index is 0. The Labute approximate surface area is 157 Å². The molecule has 0 bridgehead atoms. The van der Waals surface area contributed by atoms with Gasteiger partial charge < -0.3 is 15.0 Å². The molecule has 0 saturated heterocycles. The first-order valence-electron chi connectivity index (χ1n) is 7.74. The monoisotopic (exact) mass is 432 g/mol. The highest BCUT2D eigenvalue weighted by Gasteiger charge is 2.06. The van der Waals surface area contributed by atoms with Crippen molar-refractivity contribution in [1.29, 1.82) is 0 Å². The molecule has 0 aliphatic heterocycles. The maximum atomic E-state index is 5.13. The van der Waals surface area contributed by atoms with Gasteiger partial charge in [0, 0.05) is 26.7 Å². The highest BCUT2D eigenvalue weighted by atomic mass is 127. The second kappa shape index (κ2) is 13.2. The third-order valence-corrected chi connectivity index (χ3v) is 3.39. The standard InChI is InChI=1S/C17H28N4O.HI/c1-5-6-7-8-9-13-21(3)17(18-2)19-14-15-11-10-12-16(20-15)22-4;/h5,10-12H,1,6-9,13-14H2,2-4H3,(H,18,19);1H. The summed E-state index contributed by atoms with van der Waals surface area (Å²) < 4.78 is 5.13. The molecule has 0 aliphatic rings. The number of pyridine rings is 1. The van der Waals surface area contributed by atoms with Crippen LogP contribution in [-0.4, -0.2) is 43.6 Å². The van der Waals surface area contributed by atoms with Crippen LogP contribution in [0.4, 0.5) is 0 Å². The molecule has 6 heteroatoms. The minimum absolute atomic E-state index is 0. The van der Waals surface area contributed by atoms with Crippen LogP contribution in [0.5, 0.6) is 5.88 Å². The Balaban J connectivity index is 0.00000484. The zero-order valence-electron chi connectivity index (χ0n) is 14.4. The van der Waals surface area contributed by atoms with Gasteiger partial charge in [-0.3, -0.25) is 4.99 Å². The Hall–Kier alpha value is -1.31. The van der Waals surface area contributed by atoms with Gasteiger partial charge in [-0.2, -0.15) is 0 Å². The topological polar surface area (TPSA) is 49.8 Å². The summed E-state index contributed by atoms with van der Waals surface area (Å²) in [5.74, 6) is 1.51. The number of aliphatic imine (C=N–C) groups is 1. The highest BCUT2D eigenvalue weighted by molar-refractivity contribution is 14.0. The summed E-state index contributed by atoms with van der Waals surface area (Å²) in [5, 5.41) is 3.33. The van der Waals surface area contributed by atoms with Gasteiger partial charge >= 0.3 is 0 Å². The molecule has 23 heavy (non-hydrogen) atoms. The first kappa shape index (κ1) is 21.7. The Bertz CT molecular complexity index is 479. The van der Waals surface area contributed by atoms with Gasteiger partial charge in [0.25, 0.3) is 0 Å². The molecule has 0 fully saturated rings. The number of allylic oxidation sites excluding steroid dienone is 1. The second-order valence-corrected chi connectivity index (χ2v) is 5.13. The number of hydrogen-bond donors (Lipinski definition) is 1. The van der Waals surface area contributed by atoms with Gasteiger partial charge in [-0.1, -0.05) is 18.6 Å². The summed E-state index contributed by atoms with van der Waals surface area (Å²) in [5.41, 5.74) is 0.930. The molecule has 1 N–H and O–H groups in total. The Morgan fingerprint density at radius 3 is 2.83 bits per heavy atom. The highest BCUT2D eigenvalue weighted by Crippen LogP contribution is 2.06. The van der Waals surface area contributed by atoms with Crippen molar-refractivity contribution >= 4 is 29.9 Å². The average Bonchev–Trinajstić information content (AvgIpc) is 2.55. The van der Waals surface area contributed by atoms with Crippen LogP contribution in [-0.2, 0) is 6.54 Å². The Morgan fingerprint density at radius 1 is 1.39 bits per heavy atom. The first-order chi connectivity index (χ1) is 10.7. The number of guanidine groups is 1. The van der Waals surface area contributed by atoms with Crippen molar-refractivity contribution in [3.8, 4) is 5.88 Å². The smallest absolute Gasteiger partial charge is 0.213 e. The van der Waals surface area contributed by atoms with E-state index in [2.05, 4.69) is 33.8 Å². The van der Waals surface area contributed by atoms with Crippen molar-refractivity contribution in [2.45, 2.75) is 32.2 Å². The summed E-state index contributed by atoms with van der Waals surface area (Å²) in [6.07, 6.45) is 6.65. The van der Waals surface area contributed by atoms with Crippen molar-refractivity contribution in [2.75, 3.05) is 27.7 Å². The van der Waals surface area contributed by atoms with Crippen LogP contribution in [0.2, 0.25) is 0 Å². The molecule has 0 unspecified atom stereocenters. The molecule has 0 aliphatic carbocycles. The van der Waals surface area contributed by atoms with E-state index in [-0.39, 0.29) is 24.0 Å². The van der Waals surface area contributed by atoms with Gasteiger partial charge in [0.15, 0.2) is 5.96 Å². The van der Waals surface area contributed by atoms with Crippen molar-refractivity contribution in [3.63, 3.8) is 0 Å². The van der Waals surface area contributed by atoms with E-state index in [9.17, 15) is 0 Å². The van der Waals surface area contributed by atoms with E-state index in [4.69, 9.17) is 4.74 Å². The van der Waals surface area contributed by atoms with Crippen LogP contribution in [0, 0.1) is 0 Å². The number of nitrogens with one attached hydrogen (secondary N) is 1. The van der Waals surface area contributed by atoms with E-state index < -0.39 is 0 Å². The lowest BCUT2D eigenvalue weighted by Crippen LogP contribution is -2.39. The zero-order chi connectivity index (χ0) is 16.2. The fraction of sp³-hybridized carbons (Fsp3) is 0.529. The third-order valence-electron chi connectivity index (χ3n) is 3.39. The lowest BCUT2D eigenvalue weighted by atomic mass is 10.2. The van der Waals surface area contributed by atoms with Crippen LogP contribution in [0.1, 0.15) is 31.4 Å². The number of nitrogens with zero attached hydrogens (tertiary/aromatic N) is 3. The maximum Gasteiger partial charge on any atom is 0.213 e. The van der Waals surface area contributed by atoms with E-state index in [1.54, 1.807) is 14.2 Å². The van der Waals surface area contributed by atoms with Crippen LogP contribution >= 0.6 is 24.0 Å². The SMILES string of the molecule is C=CCCCCCN(C)C(=NC)NCc1cccc(OC)n1.I. The van der Waals surface area contributed by atoms with Gasteiger partial charge in [0.2, 0.25) is 5.88 Å². The van der Waals surface area contributed by atoms with Crippen molar-refractivity contribution < 1.29 is 4.74 Å². The number of unbranched alkanes of at least 4 members (excludes halogenated alkanes) is 3. The van der Waals surface area contributed by atoms with Gasteiger partial charge in [-0.25, -0.2) is 4.98 Å². The number of methoxy groups -OCH3 is 1. The first-order valence-corrected chi connectivity index (χ1v) is 7.74. The molecule has 0 radical (unpaired) electrons. The number of aromatic nitrogens is 1. The zero-order valence-corrected chi connectivity index (χ0v) is 16.7. The normalized spacial score (nSPS) is 10.7. The van der Waals surface area contributed by atoms with E-state index in [0.717, 1.165) is 31.0 Å². The Kier molecular flexibility index (Phi) is 12.4. The van der Waals surface area contributed by atoms with E-state index in [1.165, 1.54) is 12.8 Å². The van der Waals surface area contributed by atoms with Crippen LogP contribution < -0.4 is 10.1 Å². The fourth-order valence-corrected chi connectivity index (χ4v) is 2.14. The summed E-state index contributed by atoms with van der Waals surface area (Å²) in [6.45, 7) is 5.36. The molecule has 5 nitrogen and oxygen atoms in total.